The number of thiazole rings is 1. The molecule has 6 nitrogen and oxygen atoms in total. The Balaban J connectivity index is 2.10. The standard InChI is InChI=1S/C28H30N2O4S/c1-15-8-10-20(12-16(15)2)30-18(4)23(19-9-11-21-22(13-19)35-14-29-21)25(31)17(3)24(30)26(27(32)33)34-28(5,6)7/h8-14,26H,1-7H3,(H,32,33). The van der Waals surface area contributed by atoms with Gasteiger partial charge in [0.15, 0.2) is 11.5 Å². The molecule has 0 amide bonds. The van der Waals surface area contributed by atoms with Gasteiger partial charge in [-0.15, -0.1) is 11.3 Å². The molecular weight excluding hydrogens is 460 g/mol. The molecular formula is C28H30N2O4S. The summed E-state index contributed by atoms with van der Waals surface area (Å²) >= 11 is 1.52. The number of aliphatic carboxylic acids is 1. The van der Waals surface area contributed by atoms with Crippen molar-refractivity contribution < 1.29 is 14.6 Å². The van der Waals surface area contributed by atoms with Gasteiger partial charge in [-0.1, -0.05) is 12.1 Å². The van der Waals surface area contributed by atoms with Crippen LogP contribution in [0, 0.1) is 27.7 Å². The zero-order valence-electron chi connectivity index (χ0n) is 21.1. The van der Waals surface area contributed by atoms with Crippen LogP contribution in [0.2, 0.25) is 0 Å². The van der Waals surface area contributed by atoms with Crippen molar-refractivity contribution >= 4 is 27.5 Å². The van der Waals surface area contributed by atoms with E-state index in [4.69, 9.17) is 4.74 Å². The number of aryl methyl sites for hydroxylation is 2. The highest BCUT2D eigenvalue weighted by Gasteiger charge is 2.33. The first-order valence-corrected chi connectivity index (χ1v) is 12.3. The molecule has 0 spiro atoms. The highest BCUT2D eigenvalue weighted by Crippen LogP contribution is 2.34. The highest BCUT2D eigenvalue weighted by atomic mass is 32.1. The van der Waals surface area contributed by atoms with Crippen LogP contribution < -0.4 is 5.43 Å². The number of nitrogens with zero attached hydrogens (tertiary/aromatic N) is 2. The van der Waals surface area contributed by atoms with Gasteiger partial charge in [-0.25, -0.2) is 9.78 Å². The summed E-state index contributed by atoms with van der Waals surface area (Å²) in [7, 11) is 0. The molecule has 0 bridgehead atoms. The molecule has 2 heterocycles. The summed E-state index contributed by atoms with van der Waals surface area (Å²) in [6.45, 7) is 13.0. The second kappa shape index (κ2) is 9.06. The van der Waals surface area contributed by atoms with Crippen molar-refractivity contribution in [3.05, 3.63) is 80.2 Å². The summed E-state index contributed by atoms with van der Waals surface area (Å²) in [5.41, 5.74) is 7.37. The van der Waals surface area contributed by atoms with Crippen LogP contribution in [0.1, 0.15) is 55.0 Å². The van der Waals surface area contributed by atoms with Gasteiger partial charge in [0.25, 0.3) is 0 Å². The van der Waals surface area contributed by atoms with Crippen molar-refractivity contribution in [2.24, 2.45) is 0 Å². The number of aromatic nitrogens is 2. The summed E-state index contributed by atoms with van der Waals surface area (Å²) in [5, 5.41) is 10.2. The first kappa shape index (κ1) is 24.8. The van der Waals surface area contributed by atoms with Gasteiger partial charge >= 0.3 is 5.97 Å². The number of pyridine rings is 1. The van der Waals surface area contributed by atoms with E-state index >= 15 is 0 Å². The Bertz CT molecular complexity index is 1510. The fraction of sp³-hybridized carbons (Fsp3) is 0.321. The Kier molecular flexibility index (Phi) is 6.42. The van der Waals surface area contributed by atoms with Crippen molar-refractivity contribution in [1.82, 2.24) is 9.55 Å². The van der Waals surface area contributed by atoms with E-state index in [1.165, 1.54) is 11.3 Å². The minimum absolute atomic E-state index is 0.204. The van der Waals surface area contributed by atoms with E-state index in [0.717, 1.165) is 32.6 Å². The Morgan fingerprint density at radius 3 is 2.40 bits per heavy atom. The maximum Gasteiger partial charge on any atom is 0.339 e. The lowest BCUT2D eigenvalue weighted by Crippen LogP contribution is -2.33. The minimum atomic E-state index is -1.32. The summed E-state index contributed by atoms with van der Waals surface area (Å²) < 4.78 is 8.88. The van der Waals surface area contributed by atoms with Gasteiger partial charge in [-0.3, -0.25) is 4.79 Å². The normalized spacial score (nSPS) is 12.8. The van der Waals surface area contributed by atoms with Gasteiger partial charge < -0.3 is 14.4 Å². The predicted octanol–water partition coefficient (Wildman–Crippen LogP) is 6.29. The van der Waals surface area contributed by atoms with E-state index in [9.17, 15) is 14.7 Å². The molecule has 1 N–H and O–H groups in total. The van der Waals surface area contributed by atoms with Crippen LogP contribution in [0.3, 0.4) is 0 Å². The van der Waals surface area contributed by atoms with Gasteiger partial charge in [-0.2, -0.15) is 0 Å². The third-order valence-electron chi connectivity index (χ3n) is 6.20. The summed E-state index contributed by atoms with van der Waals surface area (Å²) in [6.07, 6.45) is -1.32. The average Bonchev–Trinajstić information content (AvgIpc) is 3.24. The third-order valence-corrected chi connectivity index (χ3v) is 6.99. The fourth-order valence-corrected chi connectivity index (χ4v) is 5.08. The molecule has 0 aliphatic carbocycles. The maximum atomic E-state index is 13.8. The quantitative estimate of drug-likeness (QED) is 0.356. The highest BCUT2D eigenvalue weighted by molar-refractivity contribution is 7.16. The van der Waals surface area contributed by atoms with Gasteiger partial charge in [0.2, 0.25) is 0 Å². The van der Waals surface area contributed by atoms with Crippen LogP contribution in [0.15, 0.2) is 46.7 Å². The number of benzene rings is 2. The molecule has 35 heavy (non-hydrogen) atoms. The van der Waals surface area contributed by atoms with Gasteiger partial charge in [0.1, 0.15) is 0 Å². The fourth-order valence-electron chi connectivity index (χ4n) is 4.37. The number of carbonyl (C=O) groups is 1. The molecule has 1 unspecified atom stereocenters. The summed E-state index contributed by atoms with van der Waals surface area (Å²) in [4.78, 5) is 30.6. The molecule has 1 atom stereocenters. The van der Waals surface area contributed by atoms with Gasteiger partial charge in [0, 0.05) is 22.5 Å². The minimum Gasteiger partial charge on any atom is -0.479 e. The molecule has 4 rings (SSSR count). The van der Waals surface area contributed by atoms with E-state index < -0.39 is 17.7 Å². The van der Waals surface area contributed by atoms with Crippen molar-refractivity contribution in [2.75, 3.05) is 0 Å². The van der Waals surface area contributed by atoms with Crippen molar-refractivity contribution in [3.8, 4) is 16.8 Å². The van der Waals surface area contributed by atoms with Crippen LogP contribution in [0.5, 0.6) is 0 Å². The number of rotatable bonds is 5. The monoisotopic (exact) mass is 490 g/mol. The SMILES string of the molecule is Cc1ccc(-n2c(C)c(-c3ccc4ncsc4c3)c(=O)c(C)c2C(OC(C)(C)C)C(=O)O)cc1C. The number of hydrogen-bond donors (Lipinski definition) is 1. The second-order valence-corrected chi connectivity index (χ2v) is 10.8. The van der Waals surface area contributed by atoms with Gasteiger partial charge in [-0.05, 0) is 89.4 Å². The van der Waals surface area contributed by atoms with Crippen molar-refractivity contribution in [2.45, 2.75) is 60.2 Å². The predicted molar refractivity (Wildman–Crippen MR) is 141 cm³/mol. The number of carboxylic acid groups (broad SMARTS) is 1. The smallest absolute Gasteiger partial charge is 0.339 e. The number of hydrogen-bond acceptors (Lipinski definition) is 5. The van der Waals surface area contributed by atoms with Crippen LogP contribution >= 0.6 is 11.3 Å². The topological polar surface area (TPSA) is 81.4 Å². The van der Waals surface area contributed by atoms with E-state index in [1.54, 1.807) is 12.4 Å². The largest absolute Gasteiger partial charge is 0.479 e. The maximum absolute atomic E-state index is 13.8. The molecule has 7 heteroatoms. The lowest BCUT2D eigenvalue weighted by molar-refractivity contribution is -0.161. The molecule has 0 fully saturated rings. The van der Waals surface area contributed by atoms with Crippen molar-refractivity contribution in [1.29, 1.82) is 0 Å². The number of ether oxygens (including phenoxy) is 1. The second-order valence-electron chi connectivity index (χ2n) is 9.89. The van der Waals surface area contributed by atoms with Crippen LogP contribution in [0.25, 0.3) is 27.0 Å². The van der Waals surface area contributed by atoms with Crippen molar-refractivity contribution in [3.63, 3.8) is 0 Å². The van der Waals surface area contributed by atoms with Crippen LogP contribution in [-0.2, 0) is 9.53 Å². The summed E-state index contributed by atoms with van der Waals surface area (Å²) in [6, 6.07) is 11.8. The zero-order valence-corrected chi connectivity index (χ0v) is 21.9. The van der Waals surface area contributed by atoms with Crippen LogP contribution in [0.4, 0.5) is 0 Å². The number of carboxylic acids is 1. The van der Waals surface area contributed by atoms with Crippen LogP contribution in [-0.4, -0.2) is 26.2 Å². The van der Waals surface area contributed by atoms with E-state index in [0.29, 0.717) is 22.5 Å². The first-order valence-electron chi connectivity index (χ1n) is 11.5. The molecule has 182 valence electrons. The lowest BCUT2D eigenvalue weighted by atomic mass is 9.96. The molecule has 0 saturated carbocycles. The molecule has 0 radical (unpaired) electrons. The first-order chi connectivity index (χ1) is 16.4. The Labute approximate surface area is 208 Å². The molecule has 0 aliphatic rings. The Hall–Kier alpha value is -3.29. The molecule has 4 aromatic rings. The van der Waals surface area contributed by atoms with Gasteiger partial charge in [0.05, 0.1) is 27.0 Å². The van der Waals surface area contributed by atoms with E-state index in [1.807, 2.05) is 82.5 Å². The van der Waals surface area contributed by atoms with E-state index in [-0.39, 0.29) is 5.43 Å². The molecule has 2 aromatic carbocycles. The molecule has 0 saturated heterocycles. The molecule has 2 aromatic heterocycles. The summed E-state index contributed by atoms with van der Waals surface area (Å²) in [5.74, 6) is -1.14. The molecule has 0 aliphatic heterocycles. The third kappa shape index (κ3) is 4.66. The number of fused-ring (bicyclic) bond motifs is 1. The van der Waals surface area contributed by atoms with E-state index in [2.05, 4.69) is 4.98 Å². The lowest BCUT2D eigenvalue weighted by Gasteiger charge is -2.30. The average molecular weight is 491 g/mol. The Morgan fingerprint density at radius 2 is 1.77 bits per heavy atom. The zero-order chi connectivity index (χ0) is 25.7. The Morgan fingerprint density at radius 1 is 1.06 bits per heavy atom.